The Labute approximate surface area is 329 Å². The topological polar surface area (TPSA) is 175 Å². The van der Waals surface area contributed by atoms with Crippen LogP contribution in [0.15, 0.2) is 0 Å². The molecule has 14 heteroatoms. The van der Waals surface area contributed by atoms with E-state index < -0.39 is 72.2 Å². The lowest BCUT2D eigenvalue weighted by Crippen LogP contribution is -2.56. The number of hydrogen-bond donors (Lipinski definition) is 4. The lowest BCUT2D eigenvalue weighted by Gasteiger charge is -2.44. The van der Waals surface area contributed by atoms with Gasteiger partial charge in [0.05, 0.1) is 12.2 Å². The summed E-state index contributed by atoms with van der Waals surface area (Å²) >= 11 is 0. The van der Waals surface area contributed by atoms with E-state index in [-0.39, 0.29) is 80.2 Å². The molecular weight excluding hydrogens is 740 g/mol. The lowest BCUT2D eigenvalue weighted by molar-refractivity contribution is -0.358. The second-order valence-electron chi connectivity index (χ2n) is 16.9. The first-order valence-electron chi connectivity index (χ1n) is 21.0. The molecule has 0 aromatic carbocycles. The maximum atomic E-state index is 14.7. The van der Waals surface area contributed by atoms with Gasteiger partial charge in [0.25, 0.3) is 0 Å². The Kier molecular flexibility index (Phi) is 20.6. The van der Waals surface area contributed by atoms with Crippen LogP contribution in [0.2, 0.25) is 0 Å². The summed E-state index contributed by atoms with van der Waals surface area (Å²) in [5.41, 5.74) is 0. The van der Waals surface area contributed by atoms with Gasteiger partial charge in [-0.2, -0.15) is 8.78 Å². The number of aliphatic carboxylic acids is 2. The van der Waals surface area contributed by atoms with Crippen molar-refractivity contribution in [3.63, 3.8) is 0 Å². The van der Waals surface area contributed by atoms with Crippen LogP contribution in [0.25, 0.3) is 0 Å². The first-order chi connectivity index (χ1) is 26.2. The summed E-state index contributed by atoms with van der Waals surface area (Å²) < 4.78 is 62.9. The molecule has 0 aromatic heterocycles. The molecule has 56 heavy (non-hydrogen) atoms. The number of aliphatic hydroxyl groups is 2. The molecule has 10 nitrogen and oxygen atoms in total. The number of carbonyl (C=O) groups excluding carboxylic acids is 3. The van der Waals surface area contributed by atoms with Crippen LogP contribution in [0.3, 0.4) is 0 Å². The standard InChI is InChI=1S/2C21H34F2O5/c1-3-14(2)13-20(22,23)21(27)11-10-16-15(17(24)12-18(16)28-21)8-6-4-5-7-9-19(25)26;1-3-14(2)13-21(22,23)19(26)11-10-16-15(17(24)12-18(16)25)8-6-4-5-7-9-20(27)28/h14-16,18,27H,3-13H2,1-2H3,(H,25,26);14-16,18,25H,3-13H2,1-2H3,(H,27,28)/t14-,15+,16+,18+,21+;14-,15-,16-,18-/m01/s1. The molecule has 0 unspecified atom stereocenters. The zero-order valence-electron chi connectivity index (χ0n) is 33.9. The molecule has 3 rings (SSSR count). The van der Waals surface area contributed by atoms with Crippen molar-refractivity contribution >= 4 is 29.3 Å². The number of halogens is 4. The summed E-state index contributed by atoms with van der Waals surface area (Å²) in [6, 6.07) is 0. The largest absolute Gasteiger partial charge is 0.481 e. The Hall–Kier alpha value is -2.45. The first-order valence-corrected chi connectivity index (χ1v) is 21.0. The Morgan fingerprint density at radius 3 is 1.79 bits per heavy atom. The summed E-state index contributed by atoms with van der Waals surface area (Å²) in [5.74, 6) is -13.6. The minimum Gasteiger partial charge on any atom is -0.481 e. The van der Waals surface area contributed by atoms with Crippen molar-refractivity contribution in [3.8, 4) is 0 Å². The van der Waals surface area contributed by atoms with E-state index in [4.69, 9.17) is 14.9 Å². The normalized spacial score (nSPS) is 27.7. The zero-order valence-corrected chi connectivity index (χ0v) is 33.9. The Morgan fingerprint density at radius 1 is 0.750 bits per heavy atom. The van der Waals surface area contributed by atoms with Gasteiger partial charge in [0.15, 0.2) is 0 Å². The van der Waals surface area contributed by atoms with E-state index >= 15 is 0 Å². The molecule has 3 fully saturated rings. The molecule has 3 aliphatic rings. The predicted octanol–water partition coefficient (Wildman–Crippen LogP) is 8.95. The van der Waals surface area contributed by atoms with Gasteiger partial charge >= 0.3 is 23.8 Å². The van der Waals surface area contributed by atoms with Gasteiger partial charge in [-0.05, 0) is 62.2 Å². The van der Waals surface area contributed by atoms with Gasteiger partial charge in [-0.15, -0.1) is 0 Å². The Balaban J connectivity index is 0.000000387. The second-order valence-corrected chi connectivity index (χ2v) is 16.9. The average molecular weight is 809 g/mol. The highest BCUT2D eigenvalue weighted by atomic mass is 19.3. The summed E-state index contributed by atoms with van der Waals surface area (Å²) in [6.45, 7) is 7.06. The van der Waals surface area contributed by atoms with Gasteiger partial charge in [-0.25, -0.2) is 8.78 Å². The summed E-state index contributed by atoms with van der Waals surface area (Å²) in [5, 5.41) is 37.9. The van der Waals surface area contributed by atoms with Crippen molar-refractivity contribution in [1.82, 2.24) is 0 Å². The van der Waals surface area contributed by atoms with Gasteiger partial charge in [0, 0.05) is 63.2 Å². The van der Waals surface area contributed by atoms with Crippen LogP contribution in [-0.2, 0) is 28.7 Å². The molecule has 0 radical (unpaired) electrons. The fourth-order valence-corrected chi connectivity index (χ4v) is 8.52. The van der Waals surface area contributed by atoms with Crippen LogP contribution < -0.4 is 0 Å². The summed E-state index contributed by atoms with van der Waals surface area (Å²) in [4.78, 5) is 57.5. The highest BCUT2D eigenvalue weighted by Gasteiger charge is 2.60. The number of alkyl halides is 4. The van der Waals surface area contributed by atoms with Gasteiger partial charge in [0.2, 0.25) is 11.6 Å². The van der Waals surface area contributed by atoms with E-state index in [1.807, 2.05) is 6.92 Å². The van der Waals surface area contributed by atoms with Gasteiger partial charge in [0.1, 0.15) is 11.6 Å². The van der Waals surface area contributed by atoms with Crippen molar-refractivity contribution in [2.45, 2.75) is 199 Å². The molecule has 1 saturated heterocycles. The number of carboxylic acid groups (broad SMARTS) is 2. The number of aliphatic hydroxyl groups excluding tert-OH is 1. The van der Waals surface area contributed by atoms with Crippen molar-refractivity contribution in [2.24, 2.45) is 35.5 Å². The molecule has 2 saturated carbocycles. The third kappa shape index (κ3) is 15.4. The molecule has 0 aromatic rings. The highest BCUT2D eigenvalue weighted by molar-refractivity contribution is 5.86. The Morgan fingerprint density at radius 2 is 1.25 bits per heavy atom. The number of ketones is 3. The minimum absolute atomic E-state index is 0.0196. The maximum Gasteiger partial charge on any atom is 0.305 e. The molecule has 1 aliphatic heterocycles. The molecule has 324 valence electrons. The number of hydrogen-bond acceptors (Lipinski definition) is 8. The summed E-state index contributed by atoms with van der Waals surface area (Å²) in [7, 11) is 0. The van der Waals surface area contributed by atoms with Crippen LogP contribution in [-0.4, -0.2) is 79.6 Å². The van der Waals surface area contributed by atoms with Crippen LogP contribution in [0, 0.1) is 35.5 Å². The fraction of sp³-hybridized carbons (Fsp3) is 0.881. The third-order valence-corrected chi connectivity index (χ3v) is 12.4. The monoisotopic (exact) mass is 808 g/mol. The van der Waals surface area contributed by atoms with E-state index in [0.29, 0.717) is 44.9 Å². The fourth-order valence-electron chi connectivity index (χ4n) is 8.52. The van der Waals surface area contributed by atoms with Crippen molar-refractivity contribution < 1.29 is 66.7 Å². The number of carbonyl (C=O) groups is 5. The molecular formula is C42H68F4O10. The summed E-state index contributed by atoms with van der Waals surface area (Å²) in [6.07, 6.45) is 6.33. The van der Waals surface area contributed by atoms with Crippen LogP contribution in [0.5, 0.6) is 0 Å². The first kappa shape index (κ1) is 49.7. The number of carboxylic acids is 2. The average Bonchev–Trinajstić information content (AvgIpc) is 3.57. The van der Waals surface area contributed by atoms with E-state index in [1.54, 1.807) is 20.8 Å². The number of Topliss-reactive ketones (excluding diaryl/α,β-unsaturated/α-hetero) is 3. The van der Waals surface area contributed by atoms with E-state index in [0.717, 1.165) is 38.5 Å². The van der Waals surface area contributed by atoms with Gasteiger partial charge in [-0.3, -0.25) is 24.0 Å². The molecule has 9 atom stereocenters. The van der Waals surface area contributed by atoms with Gasteiger partial charge < -0.3 is 25.2 Å². The number of unbranched alkanes of at least 4 members (excludes halogenated alkanes) is 6. The van der Waals surface area contributed by atoms with Crippen molar-refractivity contribution in [2.75, 3.05) is 0 Å². The molecule has 0 amide bonds. The van der Waals surface area contributed by atoms with Crippen molar-refractivity contribution in [3.05, 3.63) is 0 Å². The van der Waals surface area contributed by atoms with Crippen LogP contribution in [0.4, 0.5) is 17.6 Å². The molecule has 4 N–H and O–H groups in total. The van der Waals surface area contributed by atoms with Crippen LogP contribution >= 0.6 is 0 Å². The Bertz CT molecular complexity index is 1280. The molecule has 0 spiro atoms. The molecule has 1 heterocycles. The predicted molar refractivity (Wildman–Crippen MR) is 201 cm³/mol. The number of fused-ring (bicyclic) bond motifs is 1. The van der Waals surface area contributed by atoms with Gasteiger partial charge in [-0.1, -0.05) is 79.1 Å². The van der Waals surface area contributed by atoms with Crippen LogP contribution in [0.1, 0.15) is 169 Å². The highest BCUT2D eigenvalue weighted by Crippen LogP contribution is 2.50. The SMILES string of the molecule is CC[C@@H](C)CC(F)(F)C(=O)CC[C@H]1[C@H](O)CC(=O)[C@@H]1CCCCCCC(=O)O.CC[C@H](C)CC(F)(F)[C@@]1(O)CC[C@H]2[C@@H](CC(=O)[C@@H]2CCCCCCC(=O)O)O1. The van der Waals surface area contributed by atoms with E-state index in [2.05, 4.69) is 0 Å². The number of ether oxygens (including phenoxy) is 1. The van der Waals surface area contributed by atoms with Crippen molar-refractivity contribution in [1.29, 1.82) is 0 Å². The van der Waals surface area contributed by atoms with E-state index in [1.165, 1.54) is 0 Å². The van der Waals surface area contributed by atoms with E-state index in [9.17, 15) is 51.7 Å². The maximum absolute atomic E-state index is 14.7. The number of rotatable bonds is 25. The minimum atomic E-state index is -3.36. The smallest absolute Gasteiger partial charge is 0.305 e. The zero-order chi connectivity index (χ0) is 42.3. The second kappa shape index (κ2) is 23.2. The third-order valence-electron chi connectivity index (χ3n) is 12.4. The molecule has 2 aliphatic carbocycles. The lowest BCUT2D eigenvalue weighted by atomic mass is 9.81. The molecule has 0 bridgehead atoms. The quantitative estimate of drug-likeness (QED) is 0.0515.